The number of nitro benzene ring substituents is 1. The minimum Gasteiger partial charge on any atom is -0.308 e. The highest BCUT2D eigenvalue weighted by molar-refractivity contribution is 8.00. The Labute approximate surface area is 160 Å². The van der Waals surface area contributed by atoms with Crippen molar-refractivity contribution in [2.45, 2.75) is 18.3 Å². The van der Waals surface area contributed by atoms with Crippen molar-refractivity contribution < 1.29 is 23.3 Å². The molecule has 0 aliphatic carbocycles. The minimum atomic E-state index is -3.56. The van der Waals surface area contributed by atoms with Gasteiger partial charge in [-0.3, -0.25) is 29.4 Å². The van der Waals surface area contributed by atoms with Crippen molar-refractivity contribution >= 4 is 37.2 Å². The van der Waals surface area contributed by atoms with E-state index in [9.17, 15) is 19.5 Å². The zero-order valence-electron chi connectivity index (χ0n) is 14.9. The molecule has 1 saturated heterocycles. The number of carbonyl (C=O) groups excluding carboxylic acids is 1. The summed E-state index contributed by atoms with van der Waals surface area (Å²) in [6.07, 6.45) is 1.52. The Morgan fingerprint density at radius 1 is 1.33 bits per heavy atom. The van der Waals surface area contributed by atoms with Crippen LogP contribution in [0.25, 0.3) is 0 Å². The number of fused-ring (bicyclic) bond motifs is 1. The average Bonchev–Trinajstić information content (AvgIpc) is 2.67. The van der Waals surface area contributed by atoms with Gasteiger partial charge in [-0.05, 0) is 30.2 Å². The van der Waals surface area contributed by atoms with Crippen molar-refractivity contribution in [2.24, 2.45) is 4.99 Å². The third-order valence-corrected chi connectivity index (χ3v) is 7.81. The van der Waals surface area contributed by atoms with E-state index in [2.05, 4.69) is 4.99 Å². The van der Waals surface area contributed by atoms with Gasteiger partial charge >= 0.3 is 7.60 Å². The van der Waals surface area contributed by atoms with Crippen molar-refractivity contribution in [3.05, 3.63) is 51.0 Å². The number of β-lactam (4-membered cyclic amide) rings is 1. The second-order valence-corrected chi connectivity index (χ2v) is 9.20. The fourth-order valence-electron chi connectivity index (χ4n) is 2.92. The molecule has 0 bridgehead atoms. The monoisotopic (exact) mass is 411 g/mol. The summed E-state index contributed by atoms with van der Waals surface area (Å²) < 4.78 is 23.0. The van der Waals surface area contributed by atoms with Crippen LogP contribution in [0.2, 0.25) is 0 Å². The Morgan fingerprint density at radius 2 is 1.96 bits per heavy atom. The molecule has 2 heterocycles. The smallest absolute Gasteiger partial charge is 0.308 e. The van der Waals surface area contributed by atoms with Gasteiger partial charge in [0.05, 0.1) is 4.92 Å². The summed E-state index contributed by atoms with van der Waals surface area (Å²) in [6, 6.07) is 5.27. The Hall–Kier alpha value is -2.00. The number of hydrogen-bond donors (Lipinski definition) is 0. The Bertz CT molecular complexity index is 877. The van der Waals surface area contributed by atoms with Crippen LogP contribution in [0.1, 0.15) is 12.5 Å². The lowest BCUT2D eigenvalue weighted by Gasteiger charge is -2.49. The van der Waals surface area contributed by atoms with E-state index in [0.717, 1.165) is 5.57 Å². The predicted octanol–water partition coefficient (Wildman–Crippen LogP) is 3.01. The molecule has 11 heteroatoms. The van der Waals surface area contributed by atoms with Crippen molar-refractivity contribution in [3.8, 4) is 0 Å². The molecule has 1 aromatic carbocycles. The highest BCUT2D eigenvalue weighted by Crippen LogP contribution is 2.61. The predicted molar refractivity (Wildman–Crippen MR) is 102 cm³/mol. The second kappa shape index (κ2) is 7.55. The Balaban J connectivity index is 1.80. The van der Waals surface area contributed by atoms with Gasteiger partial charge in [-0.25, -0.2) is 0 Å². The quantitative estimate of drug-likeness (QED) is 0.233. The van der Waals surface area contributed by atoms with Crippen LogP contribution in [0.4, 0.5) is 5.69 Å². The van der Waals surface area contributed by atoms with Crippen molar-refractivity contribution in [3.63, 3.8) is 0 Å². The molecule has 0 radical (unpaired) electrons. The fourth-order valence-corrected chi connectivity index (χ4v) is 5.92. The van der Waals surface area contributed by atoms with Crippen LogP contribution in [-0.4, -0.2) is 53.3 Å². The molecule has 1 fully saturated rings. The average molecular weight is 411 g/mol. The number of amides is 1. The van der Waals surface area contributed by atoms with Gasteiger partial charge in [-0.2, -0.15) is 0 Å². The number of rotatable bonds is 6. The van der Waals surface area contributed by atoms with E-state index in [4.69, 9.17) is 9.05 Å². The molecule has 9 nitrogen and oxygen atoms in total. The summed E-state index contributed by atoms with van der Waals surface area (Å²) in [6.45, 7) is 1.80. The van der Waals surface area contributed by atoms with Crippen molar-refractivity contribution in [1.82, 2.24) is 4.90 Å². The number of nitro groups is 1. The number of aliphatic imine (C=N–C) groups is 1. The molecule has 0 N–H and O–H groups in total. The zero-order valence-corrected chi connectivity index (χ0v) is 16.6. The number of non-ortho nitro benzene ring substituents is 1. The number of hydrogen-bond acceptors (Lipinski definition) is 8. The third kappa shape index (κ3) is 3.45. The van der Waals surface area contributed by atoms with Crippen LogP contribution in [0.3, 0.4) is 0 Å². The molecule has 2 atom stereocenters. The maximum absolute atomic E-state index is 12.8. The summed E-state index contributed by atoms with van der Waals surface area (Å²) >= 11 is 1.53. The van der Waals surface area contributed by atoms with E-state index < -0.39 is 18.6 Å². The number of benzene rings is 1. The van der Waals surface area contributed by atoms with Crippen LogP contribution >= 0.6 is 19.4 Å². The molecule has 0 aromatic heterocycles. The highest BCUT2D eigenvalue weighted by atomic mass is 32.2. The van der Waals surface area contributed by atoms with E-state index in [0.29, 0.717) is 16.8 Å². The van der Waals surface area contributed by atoms with Gasteiger partial charge in [0.15, 0.2) is 6.04 Å². The van der Waals surface area contributed by atoms with Crippen molar-refractivity contribution in [2.75, 3.05) is 20.0 Å². The summed E-state index contributed by atoms with van der Waals surface area (Å²) in [5.41, 5.74) is 1.71. The highest BCUT2D eigenvalue weighted by Gasteiger charge is 2.55. The lowest BCUT2D eigenvalue weighted by molar-refractivity contribution is -0.384. The van der Waals surface area contributed by atoms with E-state index in [1.54, 1.807) is 19.1 Å². The maximum Gasteiger partial charge on any atom is 0.377 e. The minimum absolute atomic E-state index is 0.0129. The number of thioether (sulfide) groups is 1. The number of carbonyl (C=O) groups is 1. The first kappa shape index (κ1) is 19.8. The largest absolute Gasteiger partial charge is 0.377 e. The molecule has 0 unspecified atom stereocenters. The van der Waals surface area contributed by atoms with Crippen LogP contribution in [0, 0.1) is 10.1 Å². The lowest BCUT2D eigenvalue weighted by Crippen LogP contribution is -2.63. The Kier molecular flexibility index (Phi) is 5.53. The van der Waals surface area contributed by atoms with Gasteiger partial charge in [0.1, 0.15) is 10.8 Å². The van der Waals surface area contributed by atoms with Crippen LogP contribution in [-0.2, 0) is 18.4 Å². The van der Waals surface area contributed by atoms with Gasteiger partial charge in [0.2, 0.25) is 0 Å². The van der Waals surface area contributed by atoms with Gasteiger partial charge in [-0.1, -0.05) is 0 Å². The lowest BCUT2D eigenvalue weighted by atomic mass is 10.1. The molecule has 1 aromatic rings. The van der Waals surface area contributed by atoms with E-state index in [-0.39, 0.29) is 17.0 Å². The van der Waals surface area contributed by atoms with Crippen molar-refractivity contribution in [1.29, 1.82) is 0 Å². The first-order valence-electron chi connectivity index (χ1n) is 7.96. The fraction of sp³-hybridized carbons (Fsp3) is 0.375. The third-order valence-electron chi connectivity index (χ3n) is 4.32. The normalized spacial score (nSPS) is 22.8. The molecule has 0 saturated carbocycles. The topological polar surface area (TPSA) is 111 Å². The van der Waals surface area contributed by atoms with Gasteiger partial charge < -0.3 is 9.05 Å². The molecule has 0 spiro atoms. The standard InChI is InChI=1S/C16H18N3O6PS/c1-10-9-27-16-13(14(20)18(16)15(10)26(23,24-2)25-3)17-8-11-4-6-12(7-5-11)19(21)22/h4-8,13,16H,9H2,1-3H3/t13-,16-/m1/s1. The first-order valence-corrected chi connectivity index (χ1v) is 10.6. The van der Waals surface area contributed by atoms with E-state index in [1.165, 1.54) is 49.2 Å². The van der Waals surface area contributed by atoms with Crippen LogP contribution in [0.15, 0.2) is 40.3 Å². The van der Waals surface area contributed by atoms with Gasteiger partial charge in [-0.15, -0.1) is 11.8 Å². The molecule has 27 heavy (non-hydrogen) atoms. The van der Waals surface area contributed by atoms with E-state index >= 15 is 0 Å². The molecule has 2 aliphatic rings. The van der Waals surface area contributed by atoms with Gasteiger partial charge in [0, 0.05) is 38.3 Å². The summed E-state index contributed by atoms with van der Waals surface area (Å²) in [5, 5.41) is 10.4. The molecule has 2 aliphatic heterocycles. The molecule has 3 rings (SSSR count). The van der Waals surface area contributed by atoms with Crippen LogP contribution < -0.4 is 0 Å². The number of nitrogens with zero attached hydrogens (tertiary/aromatic N) is 3. The summed E-state index contributed by atoms with van der Waals surface area (Å²) in [5.74, 6) is 0.304. The second-order valence-electron chi connectivity index (χ2n) is 5.95. The summed E-state index contributed by atoms with van der Waals surface area (Å²) in [7, 11) is -0.980. The first-order chi connectivity index (χ1) is 12.8. The molecule has 144 valence electrons. The van der Waals surface area contributed by atoms with Crippen LogP contribution in [0.5, 0.6) is 0 Å². The Morgan fingerprint density at radius 3 is 2.52 bits per heavy atom. The zero-order chi connectivity index (χ0) is 19.8. The molecule has 1 amide bonds. The van der Waals surface area contributed by atoms with Gasteiger partial charge in [0.25, 0.3) is 11.6 Å². The molecular weight excluding hydrogens is 393 g/mol. The molecular formula is C16H18N3O6PS. The summed E-state index contributed by atoms with van der Waals surface area (Å²) in [4.78, 5) is 28.6. The SMILES string of the molecule is COP(=O)(OC)C1=C(C)CS[C@@H]2[C@H](N=Cc3ccc([N+](=O)[O-])cc3)C(=O)N12. The van der Waals surface area contributed by atoms with E-state index in [1.807, 2.05) is 0 Å². The maximum atomic E-state index is 12.8.